The van der Waals surface area contributed by atoms with Gasteiger partial charge in [0.05, 0.1) is 11.5 Å². The number of aromatic nitrogens is 1. The maximum Gasteiger partial charge on any atom is 0.266 e. The Morgan fingerprint density at radius 1 is 1.41 bits per heavy atom. The zero-order chi connectivity index (χ0) is 19.4. The van der Waals surface area contributed by atoms with Crippen molar-refractivity contribution in [3.8, 4) is 5.75 Å². The molecule has 9 heteroatoms. The van der Waals surface area contributed by atoms with Crippen LogP contribution in [0.1, 0.15) is 18.2 Å². The molecule has 0 radical (unpaired) electrons. The van der Waals surface area contributed by atoms with E-state index in [2.05, 4.69) is 10.5 Å². The molecule has 7 nitrogen and oxygen atoms in total. The van der Waals surface area contributed by atoms with Crippen LogP contribution in [0.5, 0.6) is 5.75 Å². The van der Waals surface area contributed by atoms with Gasteiger partial charge in [-0.15, -0.1) is 0 Å². The number of thioether (sulfide) groups is 1. The van der Waals surface area contributed by atoms with Gasteiger partial charge in [0, 0.05) is 6.07 Å². The van der Waals surface area contributed by atoms with E-state index in [0.29, 0.717) is 27.4 Å². The highest BCUT2D eigenvalue weighted by Gasteiger charge is 2.33. The van der Waals surface area contributed by atoms with Crippen molar-refractivity contribution in [1.29, 1.82) is 0 Å². The molecule has 1 aromatic heterocycles. The summed E-state index contributed by atoms with van der Waals surface area (Å²) in [7, 11) is 0. The molecular weight excluding hydrogens is 386 g/mol. The van der Waals surface area contributed by atoms with Crippen LogP contribution < -0.4 is 10.1 Å². The first-order valence-electron chi connectivity index (χ1n) is 8.17. The first kappa shape index (κ1) is 19.1. The number of nitrogens with zero attached hydrogens (tertiary/aromatic N) is 2. The molecule has 1 aromatic carbocycles. The fourth-order valence-electron chi connectivity index (χ4n) is 2.37. The smallest absolute Gasteiger partial charge is 0.266 e. The highest BCUT2D eigenvalue weighted by molar-refractivity contribution is 8.26. The van der Waals surface area contributed by atoms with Crippen molar-refractivity contribution in [3.63, 3.8) is 0 Å². The minimum absolute atomic E-state index is 0.183. The van der Waals surface area contributed by atoms with Gasteiger partial charge in [0.15, 0.2) is 5.82 Å². The number of benzene rings is 1. The normalized spacial score (nSPS) is 15.5. The zero-order valence-corrected chi connectivity index (χ0v) is 16.4. The van der Waals surface area contributed by atoms with E-state index < -0.39 is 5.91 Å². The Kier molecular flexibility index (Phi) is 5.92. The lowest BCUT2D eigenvalue weighted by Gasteiger charge is -2.13. The molecule has 0 saturated carbocycles. The predicted octanol–water partition coefficient (Wildman–Crippen LogP) is 3.22. The summed E-state index contributed by atoms with van der Waals surface area (Å²) in [6.07, 6.45) is 1.74. The summed E-state index contributed by atoms with van der Waals surface area (Å²) in [5.74, 6) is 0.941. The number of nitrogens with one attached hydrogen (secondary N) is 1. The molecule has 0 unspecified atom stereocenters. The number of ether oxygens (including phenoxy) is 1. The van der Waals surface area contributed by atoms with E-state index in [0.717, 1.165) is 11.3 Å². The summed E-state index contributed by atoms with van der Waals surface area (Å²) >= 11 is 6.41. The fourth-order valence-corrected chi connectivity index (χ4v) is 3.62. The van der Waals surface area contributed by atoms with Crippen molar-refractivity contribution in [2.24, 2.45) is 0 Å². The molecule has 3 rings (SSSR count). The molecule has 1 N–H and O–H groups in total. The van der Waals surface area contributed by atoms with Crippen molar-refractivity contribution < 1.29 is 18.8 Å². The van der Waals surface area contributed by atoms with Gasteiger partial charge >= 0.3 is 0 Å². The third-order valence-electron chi connectivity index (χ3n) is 3.56. The van der Waals surface area contributed by atoms with Gasteiger partial charge in [-0.2, -0.15) is 0 Å². The number of amides is 2. The van der Waals surface area contributed by atoms with Crippen LogP contribution in [-0.4, -0.2) is 39.3 Å². The van der Waals surface area contributed by atoms with Crippen LogP contribution in [0.3, 0.4) is 0 Å². The molecule has 1 saturated heterocycles. The third kappa shape index (κ3) is 4.75. The molecule has 1 aliphatic rings. The molecular formula is C18H17N3O4S2. The topological polar surface area (TPSA) is 84.7 Å². The largest absolute Gasteiger partial charge is 0.494 e. The maximum atomic E-state index is 12.6. The second-order valence-electron chi connectivity index (χ2n) is 5.64. The van der Waals surface area contributed by atoms with Crippen LogP contribution in [0.4, 0.5) is 5.82 Å². The van der Waals surface area contributed by atoms with Gasteiger partial charge in [-0.3, -0.25) is 14.5 Å². The molecule has 0 bridgehead atoms. The Balaban J connectivity index is 1.66. The molecule has 1 fully saturated rings. The quantitative estimate of drug-likeness (QED) is 0.585. The van der Waals surface area contributed by atoms with Gasteiger partial charge < -0.3 is 14.6 Å². The highest BCUT2D eigenvalue weighted by Crippen LogP contribution is 2.32. The molecule has 2 aromatic rings. The number of aryl methyl sites for hydroxylation is 1. The Morgan fingerprint density at radius 2 is 2.15 bits per heavy atom. The molecule has 2 amide bonds. The van der Waals surface area contributed by atoms with Crippen molar-refractivity contribution >= 4 is 52.0 Å². The van der Waals surface area contributed by atoms with Crippen molar-refractivity contribution in [1.82, 2.24) is 10.1 Å². The zero-order valence-electron chi connectivity index (χ0n) is 14.7. The molecule has 140 valence electrons. The third-order valence-corrected chi connectivity index (χ3v) is 4.94. The van der Waals surface area contributed by atoms with Crippen molar-refractivity contribution in [2.45, 2.75) is 13.8 Å². The monoisotopic (exact) mass is 403 g/mol. The van der Waals surface area contributed by atoms with Crippen LogP contribution in [-0.2, 0) is 9.59 Å². The van der Waals surface area contributed by atoms with Gasteiger partial charge in [-0.25, -0.2) is 0 Å². The van der Waals surface area contributed by atoms with E-state index in [1.807, 2.05) is 31.2 Å². The van der Waals surface area contributed by atoms with Gasteiger partial charge in [0.2, 0.25) is 5.91 Å². The summed E-state index contributed by atoms with van der Waals surface area (Å²) in [4.78, 5) is 26.5. The van der Waals surface area contributed by atoms with Gasteiger partial charge in [-0.05, 0) is 37.6 Å². The molecule has 0 atom stereocenters. The van der Waals surface area contributed by atoms with E-state index >= 15 is 0 Å². The molecule has 1 aliphatic heterocycles. The van der Waals surface area contributed by atoms with E-state index in [1.165, 1.54) is 16.7 Å². The summed E-state index contributed by atoms with van der Waals surface area (Å²) in [5, 5.41) is 6.26. The van der Waals surface area contributed by atoms with Crippen LogP contribution in [0.25, 0.3) is 6.08 Å². The van der Waals surface area contributed by atoms with Crippen LogP contribution in [0.2, 0.25) is 0 Å². The lowest BCUT2D eigenvalue weighted by atomic mass is 10.2. The van der Waals surface area contributed by atoms with E-state index in [9.17, 15) is 9.59 Å². The Bertz CT molecular complexity index is 906. The standard InChI is InChI=1S/C18H17N3O4S2/c1-3-24-13-6-4-12(5-7-13)9-14-17(23)21(18(26)27-14)10-16(22)19-15-8-11(2)25-20-15/h4-9H,3,10H2,1-2H3,(H,19,20,22). The van der Waals surface area contributed by atoms with E-state index in [1.54, 1.807) is 19.1 Å². The number of hydrogen-bond donors (Lipinski definition) is 1. The van der Waals surface area contributed by atoms with Crippen molar-refractivity contribution in [3.05, 3.63) is 46.6 Å². The SMILES string of the molecule is CCOc1ccc(C=C2SC(=S)N(CC(=O)Nc3cc(C)on3)C2=O)cc1. The number of hydrogen-bond acceptors (Lipinski definition) is 7. The minimum atomic E-state index is -0.401. The minimum Gasteiger partial charge on any atom is -0.494 e. The van der Waals surface area contributed by atoms with Gasteiger partial charge in [-0.1, -0.05) is 41.3 Å². The number of rotatable bonds is 6. The average Bonchev–Trinajstić information content (AvgIpc) is 3.15. The maximum absolute atomic E-state index is 12.6. The Labute approximate surface area is 165 Å². The first-order valence-corrected chi connectivity index (χ1v) is 9.40. The number of carbonyl (C=O) groups excluding carboxylic acids is 2. The Morgan fingerprint density at radius 3 is 2.78 bits per heavy atom. The van der Waals surface area contributed by atoms with Crippen LogP contribution in [0.15, 0.2) is 39.8 Å². The second-order valence-corrected chi connectivity index (χ2v) is 7.32. The summed E-state index contributed by atoms with van der Waals surface area (Å²) in [6, 6.07) is 8.98. The second kappa shape index (κ2) is 8.36. The number of thiocarbonyl (C=S) groups is 1. The number of anilines is 1. The highest BCUT2D eigenvalue weighted by atomic mass is 32.2. The molecule has 2 heterocycles. The molecule has 27 heavy (non-hydrogen) atoms. The molecule has 0 aliphatic carbocycles. The van der Waals surface area contributed by atoms with E-state index in [-0.39, 0.29) is 12.5 Å². The van der Waals surface area contributed by atoms with Crippen LogP contribution in [0, 0.1) is 6.92 Å². The summed E-state index contributed by atoms with van der Waals surface area (Å²) in [6.45, 7) is 4.04. The summed E-state index contributed by atoms with van der Waals surface area (Å²) < 4.78 is 10.6. The van der Waals surface area contributed by atoms with Crippen molar-refractivity contribution in [2.75, 3.05) is 18.5 Å². The average molecular weight is 403 g/mol. The lowest BCUT2D eigenvalue weighted by Crippen LogP contribution is -2.36. The number of carbonyl (C=O) groups is 2. The van der Waals surface area contributed by atoms with Crippen LogP contribution >= 0.6 is 24.0 Å². The van der Waals surface area contributed by atoms with E-state index in [4.69, 9.17) is 21.5 Å². The predicted molar refractivity (Wildman–Crippen MR) is 107 cm³/mol. The van der Waals surface area contributed by atoms with Gasteiger partial charge in [0.25, 0.3) is 5.91 Å². The molecule has 0 spiro atoms. The van der Waals surface area contributed by atoms with Gasteiger partial charge in [0.1, 0.15) is 22.4 Å². The fraction of sp³-hybridized carbons (Fsp3) is 0.222. The summed E-state index contributed by atoms with van der Waals surface area (Å²) in [5.41, 5.74) is 0.849. The Hall–Kier alpha value is -2.65. The lowest BCUT2D eigenvalue weighted by molar-refractivity contribution is -0.126. The first-order chi connectivity index (χ1) is 13.0.